The first-order valence-corrected chi connectivity index (χ1v) is 5.35. The second kappa shape index (κ2) is 3.72. The highest BCUT2D eigenvalue weighted by Crippen LogP contribution is 2.13. The van der Waals surface area contributed by atoms with E-state index in [4.69, 9.17) is 4.18 Å². The third kappa shape index (κ3) is 2.96. The molecule has 1 saturated heterocycles. The molecular formula is C4H8O5S2. The van der Waals surface area contributed by atoms with Crippen molar-refractivity contribution in [1.82, 2.24) is 0 Å². The van der Waals surface area contributed by atoms with Crippen LogP contribution in [0.4, 0.5) is 0 Å². The van der Waals surface area contributed by atoms with Crippen molar-refractivity contribution in [2.24, 2.45) is 0 Å². The molecule has 0 N–H and O–H groups in total. The molecule has 0 saturated carbocycles. The normalized spacial score (nSPS) is 29.0. The summed E-state index contributed by atoms with van der Waals surface area (Å²) in [5.41, 5.74) is 0. The van der Waals surface area contributed by atoms with Gasteiger partial charge in [-0.2, -0.15) is 8.42 Å². The lowest BCUT2D eigenvalue weighted by Gasteiger charge is -2.02. The van der Waals surface area contributed by atoms with Crippen LogP contribution in [0, 0.1) is 0 Å². The Kier molecular flexibility index (Phi) is 3.14. The summed E-state index contributed by atoms with van der Waals surface area (Å²) in [4.78, 5) is 0. The van der Waals surface area contributed by atoms with E-state index in [2.05, 4.69) is 8.37 Å². The average Bonchev–Trinajstić information content (AvgIpc) is 2.26. The van der Waals surface area contributed by atoms with Gasteiger partial charge in [-0.3, -0.25) is 0 Å². The third-order valence-electron chi connectivity index (χ3n) is 1.02. The van der Waals surface area contributed by atoms with Gasteiger partial charge in [-0.15, -0.1) is 0 Å². The molecule has 0 aliphatic carbocycles. The highest BCUT2D eigenvalue weighted by atomic mass is 32.3. The van der Waals surface area contributed by atoms with Crippen LogP contribution in [0.2, 0.25) is 0 Å². The van der Waals surface area contributed by atoms with Crippen LogP contribution in [0.15, 0.2) is 0 Å². The molecule has 1 rings (SSSR count). The maximum absolute atomic E-state index is 10.5. The molecule has 1 fully saturated rings. The van der Waals surface area contributed by atoms with E-state index in [1.807, 2.05) is 0 Å². The molecule has 0 aromatic heterocycles. The van der Waals surface area contributed by atoms with E-state index < -0.39 is 16.5 Å². The van der Waals surface area contributed by atoms with Gasteiger partial charge in [-0.25, -0.2) is 8.37 Å². The second-order valence-electron chi connectivity index (χ2n) is 1.86. The van der Waals surface area contributed by atoms with Crippen LogP contribution in [-0.4, -0.2) is 34.0 Å². The Bertz CT molecular complexity index is 211. The van der Waals surface area contributed by atoms with E-state index in [9.17, 15) is 8.42 Å². The largest absolute Gasteiger partial charge is 0.400 e. The number of rotatable bonds is 3. The molecule has 5 nitrogen and oxygen atoms in total. The summed E-state index contributed by atoms with van der Waals surface area (Å²) >= 11 is 1.16. The minimum absolute atomic E-state index is 0.0445. The van der Waals surface area contributed by atoms with Crippen molar-refractivity contribution in [1.29, 1.82) is 0 Å². The minimum atomic E-state index is -3.72. The molecule has 0 aromatic rings. The van der Waals surface area contributed by atoms with Gasteiger partial charge in [0.25, 0.3) is 0 Å². The minimum Gasteiger partial charge on any atom is -0.313 e. The number of hydrogen-bond donors (Lipinski definition) is 0. The topological polar surface area (TPSA) is 61.8 Å². The molecule has 0 bridgehead atoms. The van der Waals surface area contributed by atoms with Crippen LogP contribution in [0.5, 0.6) is 0 Å². The zero-order valence-electron chi connectivity index (χ0n) is 5.85. The zero-order chi connectivity index (χ0) is 8.32. The van der Waals surface area contributed by atoms with Crippen molar-refractivity contribution >= 4 is 22.4 Å². The van der Waals surface area contributed by atoms with Crippen molar-refractivity contribution in [2.75, 3.05) is 19.5 Å². The molecule has 1 unspecified atom stereocenters. The van der Waals surface area contributed by atoms with Crippen LogP contribution in [0.1, 0.15) is 0 Å². The van der Waals surface area contributed by atoms with Gasteiger partial charge in [0, 0.05) is 6.26 Å². The van der Waals surface area contributed by atoms with Crippen LogP contribution < -0.4 is 0 Å². The summed E-state index contributed by atoms with van der Waals surface area (Å²) in [5, 5.41) is 0. The van der Waals surface area contributed by atoms with Gasteiger partial charge >= 0.3 is 10.4 Å². The molecule has 66 valence electrons. The second-order valence-corrected chi connectivity index (χ2v) is 3.68. The monoisotopic (exact) mass is 200 g/mol. The zero-order valence-corrected chi connectivity index (χ0v) is 7.48. The smallest absolute Gasteiger partial charge is 0.313 e. The predicted octanol–water partition coefficient (Wildman–Crippen LogP) is -0.0588. The fourth-order valence-corrected chi connectivity index (χ4v) is 1.71. The summed E-state index contributed by atoms with van der Waals surface area (Å²) in [6.07, 6.45) is 1.25. The first-order valence-electron chi connectivity index (χ1n) is 2.87. The molecule has 0 spiro atoms. The van der Waals surface area contributed by atoms with Gasteiger partial charge in [0.05, 0.1) is 13.2 Å². The molecule has 0 amide bonds. The highest BCUT2D eigenvalue weighted by Gasteiger charge is 2.29. The highest BCUT2D eigenvalue weighted by molar-refractivity contribution is 7.93. The molecule has 11 heavy (non-hydrogen) atoms. The van der Waals surface area contributed by atoms with Crippen molar-refractivity contribution < 1.29 is 21.0 Å². The van der Waals surface area contributed by atoms with Gasteiger partial charge in [-0.1, -0.05) is 0 Å². The molecule has 1 heterocycles. The van der Waals surface area contributed by atoms with Crippen molar-refractivity contribution in [3.8, 4) is 0 Å². The van der Waals surface area contributed by atoms with E-state index in [1.165, 1.54) is 0 Å². The van der Waals surface area contributed by atoms with E-state index >= 15 is 0 Å². The number of hydrogen-bond acceptors (Lipinski definition) is 6. The Labute approximate surface area is 69.5 Å². The van der Waals surface area contributed by atoms with Crippen LogP contribution in [0.25, 0.3) is 0 Å². The molecule has 7 heteroatoms. The summed E-state index contributed by atoms with van der Waals surface area (Å²) in [5.74, 6) is 0. The Morgan fingerprint density at radius 2 is 2.45 bits per heavy atom. The quantitative estimate of drug-likeness (QED) is 0.595. The molecular weight excluding hydrogens is 192 g/mol. The lowest BCUT2D eigenvalue weighted by molar-refractivity contribution is 0.165. The predicted molar refractivity (Wildman–Crippen MR) is 39.2 cm³/mol. The summed E-state index contributed by atoms with van der Waals surface area (Å²) in [6.45, 7) is 0.267. The summed E-state index contributed by atoms with van der Waals surface area (Å²) in [6, 6.07) is 0. The van der Waals surface area contributed by atoms with Gasteiger partial charge in [0.1, 0.15) is 6.10 Å². The molecule has 1 atom stereocenters. The Morgan fingerprint density at radius 3 is 2.91 bits per heavy atom. The average molecular weight is 200 g/mol. The van der Waals surface area contributed by atoms with Gasteiger partial charge in [-0.05, 0) is 12.0 Å². The maximum Gasteiger partial charge on any atom is 0.400 e. The van der Waals surface area contributed by atoms with Crippen LogP contribution >= 0.6 is 12.0 Å². The molecule has 0 aromatic carbocycles. The van der Waals surface area contributed by atoms with E-state index in [-0.39, 0.29) is 13.2 Å². The molecule has 1 aliphatic heterocycles. The van der Waals surface area contributed by atoms with Gasteiger partial charge in [0.15, 0.2) is 0 Å². The van der Waals surface area contributed by atoms with Gasteiger partial charge in [0.2, 0.25) is 0 Å². The lowest BCUT2D eigenvalue weighted by atomic mass is 10.4. The van der Waals surface area contributed by atoms with Crippen molar-refractivity contribution in [3.05, 3.63) is 0 Å². The van der Waals surface area contributed by atoms with Gasteiger partial charge < -0.3 is 4.18 Å². The molecule has 0 radical (unpaired) electrons. The lowest BCUT2D eigenvalue weighted by Crippen LogP contribution is -2.15. The van der Waals surface area contributed by atoms with Crippen LogP contribution in [0.3, 0.4) is 0 Å². The van der Waals surface area contributed by atoms with E-state index in [0.29, 0.717) is 0 Å². The fraction of sp³-hybridized carbons (Fsp3) is 1.00. The van der Waals surface area contributed by atoms with Crippen LogP contribution in [-0.2, 0) is 22.9 Å². The first kappa shape index (κ1) is 9.27. The summed E-state index contributed by atoms with van der Waals surface area (Å²) in [7, 11) is -3.72. The first-order chi connectivity index (χ1) is 5.14. The maximum atomic E-state index is 10.5. The molecule has 1 aliphatic rings. The van der Waals surface area contributed by atoms with E-state index in [0.717, 1.165) is 12.0 Å². The Balaban J connectivity index is 2.31. The van der Waals surface area contributed by atoms with E-state index in [1.54, 1.807) is 6.26 Å². The fourth-order valence-electron chi connectivity index (χ4n) is 0.601. The van der Waals surface area contributed by atoms with Crippen molar-refractivity contribution in [3.63, 3.8) is 0 Å². The Hall–Kier alpha value is 0.180. The van der Waals surface area contributed by atoms with Crippen molar-refractivity contribution in [2.45, 2.75) is 6.10 Å². The SMILES string of the molecule is CSOCC1COS(=O)(=O)O1. The Morgan fingerprint density at radius 1 is 1.73 bits per heavy atom. The standard InChI is InChI=1S/C4H8O5S2/c1-10-7-2-4-3-8-11(5,6)9-4/h4H,2-3H2,1H3. The summed E-state index contributed by atoms with van der Waals surface area (Å²) < 4.78 is 34.6. The third-order valence-corrected chi connectivity index (χ3v) is 2.33.